The molecule has 1 aromatic heterocycles. The number of rotatable bonds is 6. The van der Waals surface area contributed by atoms with Gasteiger partial charge in [-0.2, -0.15) is 0 Å². The third-order valence-electron chi connectivity index (χ3n) is 4.21. The van der Waals surface area contributed by atoms with Gasteiger partial charge in [-0.3, -0.25) is 4.79 Å². The lowest BCUT2D eigenvalue weighted by Crippen LogP contribution is -2.38. The monoisotopic (exact) mass is 348 g/mol. The minimum absolute atomic E-state index is 0.147. The number of carbonyl (C=O) groups is 1. The number of benzene rings is 1. The van der Waals surface area contributed by atoms with E-state index in [1.807, 2.05) is 30.3 Å². The average Bonchev–Trinajstić information content (AvgIpc) is 3.34. The van der Waals surface area contributed by atoms with Gasteiger partial charge in [0.15, 0.2) is 0 Å². The molecule has 1 heterocycles. The fraction of sp³-hybridized carbons (Fsp3) is 0.438. The number of sulfone groups is 1. The molecule has 24 heavy (non-hydrogen) atoms. The molecule has 1 atom stereocenters. The van der Waals surface area contributed by atoms with Crippen molar-refractivity contribution in [2.45, 2.75) is 42.6 Å². The van der Waals surface area contributed by atoms with Crippen LogP contribution in [0.25, 0.3) is 0 Å². The molecule has 0 radical (unpaired) electrons. The molecule has 3 rings (SSSR count). The average molecular weight is 348 g/mol. The molecule has 1 fully saturated rings. The van der Waals surface area contributed by atoms with E-state index >= 15 is 0 Å². The van der Waals surface area contributed by atoms with E-state index in [9.17, 15) is 13.2 Å². The molecule has 1 aliphatic rings. The largest absolute Gasteiger partial charge is 0.351 e. The van der Waals surface area contributed by atoms with E-state index in [4.69, 9.17) is 0 Å². The Kier molecular flexibility index (Phi) is 4.40. The third kappa shape index (κ3) is 3.19. The normalized spacial score (nSPS) is 15.9. The SMILES string of the molecule is C[C@H](C(=O)NCc1ccccc1)S(=O)(=O)c1nnc(C2CC2)n1C. The van der Waals surface area contributed by atoms with Crippen molar-refractivity contribution in [1.29, 1.82) is 0 Å². The van der Waals surface area contributed by atoms with Crippen molar-refractivity contribution < 1.29 is 13.2 Å². The van der Waals surface area contributed by atoms with E-state index in [1.54, 1.807) is 7.05 Å². The quantitative estimate of drug-likeness (QED) is 0.846. The molecular weight excluding hydrogens is 328 g/mol. The second-order valence-corrected chi connectivity index (χ2v) is 8.23. The smallest absolute Gasteiger partial charge is 0.250 e. The summed E-state index contributed by atoms with van der Waals surface area (Å²) in [5, 5.41) is 9.08. The minimum atomic E-state index is -3.88. The first-order valence-electron chi connectivity index (χ1n) is 7.86. The van der Waals surface area contributed by atoms with E-state index in [0.717, 1.165) is 18.4 Å². The second-order valence-electron chi connectivity index (χ2n) is 6.06. The van der Waals surface area contributed by atoms with Crippen LogP contribution in [0.15, 0.2) is 35.5 Å². The molecule has 1 amide bonds. The van der Waals surface area contributed by atoms with E-state index in [2.05, 4.69) is 15.5 Å². The second kappa shape index (κ2) is 6.35. The molecule has 0 saturated heterocycles. The number of carbonyl (C=O) groups excluding carboxylic acids is 1. The predicted molar refractivity (Wildman–Crippen MR) is 87.9 cm³/mol. The number of nitrogens with one attached hydrogen (secondary N) is 1. The lowest BCUT2D eigenvalue weighted by atomic mass is 10.2. The summed E-state index contributed by atoms with van der Waals surface area (Å²) in [5.41, 5.74) is 0.908. The van der Waals surface area contributed by atoms with Crippen LogP contribution in [-0.2, 0) is 28.2 Å². The molecule has 0 bridgehead atoms. The number of hydrogen-bond donors (Lipinski definition) is 1. The number of nitrogens with zero attached hydrogens (tertiary/aromatic N) is 3. The summed E-state index contributed by atoms with van der Waals surface area (Å²) in [6.07, 6.45) is 2.00. The Morgan fingerprint density at radius 3 is 2.58 bits per heavy atom. The maximum atomic E-state index is 12.7. The zero-order valence-electron chi connectivity index (χ0n) is 13.6. The van der Waals surface area contributed by atoms with Crippen LogP contribution < -0.4 is 5.32 Å². The fourth-order valence-electron chi connectivity index (χ4n) is 2.50. The highest BCUT2D eigenvalue weighted by Gasteiger charge is 2.37. The van der Waals surface area contributed by atoms with Gasteiger partial charge < -0.3 is 9.88 Å². The van der Waals surface area contributed by atoms with E-state index in [0.29, 0.717) is 5.82 Å². The lowest BCUT2D eigenvalue weighted by molar-refractivity contribution is -0.120. The molecule has 7 nitrogen and oxygen atoms in total. The molecular formula is C16H20N4O3S. The van der Waals surface area contributed by atoms with Crippen LogP contribution in [0.5, 0.6) is 0 Å². The minimum Gasteiger partial charge on any atom is -0.351 e. The summed E-state index contributed by atoms with van der Waals surface area (Å²) in [4.78, 5) is 12.3. The summed E-state index contributed by atoms with van der Waals surface area (Å²) < 4.78 is 26.8. The molecule has 1 N–H and O–H groups in total. The van der Waals surface area contributed by atoms with Crippen molar-refractivity contribution in [2.75, 3.05) is 0 Å². The molecule has 8 heteroatoms. The number of hydrogen-bond acceptors (Lipinski definition) is 5. The maximum absolute atomic E-state index is 12.7. The van der Waals surface area contributed by atoms with Crippen LogP contribution >= 0.6 is 0 Å². The van der Waals surface area contributed by atoms with E-state index < -0.39 is 21.0 Å². The van der Waals surface area contributed by atoms with E-state index in [1.165, 1.54) is 11.5 Å². The fourth-order valence-corrected chi connectivity index (χ4v) is 3.81. The van der Waals surface area contributed by atoms with Gasteiger partial charge in [-0.1, -0.05) is 30.3 Å². The molecule has 0 spiro atoms. The van der Waals surface area contributed by atoms with Gasteiger partial charge in [0.25, 0.3) is 0 Å². The van der Waals surface area contributed by atoms with Gasteiger partial charge in [-0.05, 0) is 25.3 Å². The van der Waals surface area contributed by atoms with Crippen LogP contribution in [0.1, 0.15) is 37.1 Å². The maximum Gasteiger partial charge on any atom is 0.250 e. The zero-order chi connectivity index (χ0) is 17.3. The molecule has 128 valence electrons. The Morgan fingerprint density at radius 2 is 1.96 bits per heavy atom. The van der Waals surface area contributed by atoms with Crippen LogP contribution in [-0.4, -0.2) is 34.3 Å². The first kappa shape index (κ1) is 16.6. The summed E-state index contributed by atoms with van der Waals surface area (Å²) >= 11 is 0. The third-order valence-corrected chi connectivity index (χ3v) is 6.22. The number of amides is 1. The summed E-state index contributed by atoms with van der Waals surface area (Å²) in [6.45, 7) is 1.66. The van der Waals surface area contributed by atoms with Gasteiger partial charge >= 0.3 is 0 Å². The Hall–Kier alpha value is -2.22. The van der Waals surface area contributed by atoms with Gasteiger partial charge in [0.1, 0.15) is 11.1 Å². The van der Waals surface area contributed by atoms with Crippen molar-refractivity contribution >= 4 is 15.7 Å². The van der Waals surface area contributed by atoms with E-state index in [-0.39, 0.29) is 17.6 Å². The van der Waals surface area contributed by atoms with Crippen molar-refractivity contribution in [3.05, 3.63) is 41.7 Å². The molecule has 2 aromatic rings. The molecule has 1 aromatic carbocycles. The van der Waals surface area contributed by atoms with Gasteiger partial charge in [-0.25, -0.2) is 8.42 Å². The summed E-state index contributed by atoms with van der Waals surface area (Å²) in [7, 11) is -2.25. The summed E-state index contributed by atoms with van der Waals surface area (Å²) in [6, 6.07) is 9.33. The van der Waals surface area contributed by atoms with Gasteiger partial charge in [0.2, 0.25) is 20.9 Å². The van der Waals surface area contributed by atoms with Crippen LogP contribution in [0.2, 0.25) is 0 Å². The van der Waals surface area contributed by atoms with Gasteiger partial charge in [0.05, 0.1) is 0 Å². The topological polar surface area (TPSA) is 93.9 Å². The molecule has 0 aliphatic heterocycles. The van der Waals surface area contributed by atoms with Crippen molar-refractivity contribution in [3.8, 4) is 0 Å². The van der Waals surface area contributed by atoms with Crippen molar-refractivity contribution in [2.24, 2.45) is 7.05 Å². The lowest BCUT2D eigenvalue weighted by Gasteiger charge is -2.13. The molecule has 1 aliphatic carbocycles. The first-order chi connectivity index (χ1) is 11.4. The number of aromatic nitrogens is 3. The highest BCUT2D eigenvalue weighted by atomic mass is 32.2. The van der Waals surface area contributed by atoms with Crippen molar-refractivity contribution in [3.63, 3.8) is 0 Å². The molecule has 0 unspecified atom stereocenters. The van der Waals surface area contributed by atoms with Crippen LogP contribution in [0.3, 0.4) is 0 Å². The Bertz CT molecular complexity index is 841. The predicted octanol–water partition coefficient (Wildman–Crippen LogP) is 1.17. The van der Waals surface area contributed by atoms with Crippen LogP contribution in [0, 0.1) is 0 Å². The summed E-state index contributed by atoms with van der Waals surface area (Å²) in [5.74, 6) is 0.411. The highest BCUT2D eigenvalue weighted by molar-refractivity contribution is 7.92. The van der Waals surface area contributed by atoms with Crippen molar-refractivity contribution in [1.82, 2.24) is 20.1 Å². The standard InChI is InChI=1S/C16H20N4O3S/c1-11(15(21)17-10-12-6-4-3-5-7-12)24(22,23)16-19-18-14(20(16)2)13-8-9-13/h3-7,11,13H,8-10H2,1-2H3,(H,17,21)/t11-/m1/s1. The van der Waals surface area contributed by atoms with Gasteiger partial charge in [-0.15, -0.1) is 10.2 Å². The zero-order valence-corrected chi connectivity index (χ0v) is 14.5. The molecule has 1 saturated carbocycles. The Morgan fingerprint density at radius 1 is 1.29 bits per heavy atom. The Labute approximate surface area is 141 Å². The Balaban J connectivity index is 1.72. The highest BCUT2D eigenvalue weighted by Crippen LogP contribution is 2.39. The first-order valence-corrected chi connectivity index (χ1v) is 9.40. The van der Waals surface area contributed by atoms with Crippen LogP contribution in [0.4, 0.5) is 0 Å². The van der Waals surface area contributed by atoms with Gasteiger partial charge in [0, 0.05) is 19.5 Å².